The maximum atomic E-state index is 10.3. The summed E-state index contributed by atoms with van der Waals surface area (Å²) >= 11 is 1.74. The summed E-state index contributed by atoms with van der Waals surface area (Å²) in [4.78, 5) is 0. The lowest BCUT2D eigenvalue weighted by Gasteiger charge is -2.26. The van der Waals surface area contributed by atoms with E-state index in [-0.39, 0.29) is 6.10 Å². The summed E-state index contributed by atoms with van der Waals surface area (Å²) in [6.45, 7) is 3.73. The van der Waals surface area contributed by atoms with E-state index in [9.17, 15) is 5.11 Å². The molecule has 2 heterocycles. The number of hydrogen-bond acceptors (Lipinski definition) is 5. The Labute approximate surface area is 112 Å². The van der Waals surface area contributed by atoms with Crippen LogP contribution in [0.4, 0.5) is 0 Å². The molecule has 0 saturated carbocycles. The lowest BCUT2D eigenvalue weighted by molar-refractivity contribution is -0.0264. The molecule has 102 valence electrons. The largest absolute Gasteiger partial charge is 0.464 e. The van der Waals surface area contributed by atoms with Crippen molar-refractivity contribution in [1.82, 2.24) is 5.32 Å². The SMILES string of the molecule is CSCc1ccc(CNCC2(O)CCOC2C)o1. The van der Waals surface area contributed by atoms with Gasteiger partial charge in [0.15, 0.2) is 0 Å². The van der Waals surface area contributed by atoms with Gasteiger partial charge in [0.25, 0.3) is 0 Å². The molecular formula is C13H21NO3S. The minimum absolute atomic E-state index is 0.103. The highest BCUT2D eigenvalue weighted by Crippen LogP contribution is 2.24. The second kappa shape index (κ2) is 6.10. The number of aliphatic hydroxyl groups is 1. The zero-order valence-corrected chi connectivity index (χ0v) is 11.8. The first kappa shape index (κ1) is 13.9. The quantitative estimate of drug-likeness (QED) is 0.826. The Balaban J connectivity index is 1.77. The molecule has 0 radical (unpaired) electrons. The van der Waals surface area contributed by atoms with Crippen LogP contribution >= 0.6 is 11.8 Å². The average molecular weight is 271 g/mol. The number of nitrogens with one attached hydrogen (secondary N) is 1. The molecule has 4 nitrogen and oxygen atoms in total. The van der Waals surface area contributed by atoms with Crippen molar-refractivity contribution in [2.45, 2.75) is 37.3 Å². The van der Waals surface area contributed by atoms with Crippen LogP contribution in [-0.4, -0.2) is 36.2 Å². The first-order valence-electron chi connectivity index (χ1n) is 6.25. The van der Waals surface area contributed by atoms with Crippen LogP contribution in [0.15, 0.2) is 16.5 Å². The van der Waals surface area contributed by atoms with Crippen molar-refractivity contribution in [3.63, 3.8) is 0 Å². The second-order valence-electron chi connectivity index (χ2n) is 4.77. The molecule has 1 aromatic heterocycles. The van der Waals surface area contributed by atoms with Crippen molar-refractivity contribution in [3.8, 4) is 0 Å². The number of rotatable bonds is 6. The molecule has 2 unspecified atom stereocenters. The number of ether oxygens (including phenoxy) is 1. The Morgan fingerprint density at radius 1 is 1.50 bits per heavy atom. The van der Waals surface area contributed by atoms with Crippen molar-refractivity contribution in [2.75, 3.05) is 19.4 Å². The standard InChI is InChI=1S/C13H21NO3S/c1-10-13(15,5-6-16-10)9-14-7-11-3-4-12(17-11)8-18-2/h3-4,10,14-15H,5-9H2,1-2H3. The summed E-state index contributed by atoms with van der Waals surface area (Å²) in [6.07, 6.45) is 2.64. The minimum Gasteiger partial charge on any atom is -0.464 e. The van der Waals surface area contributed by atoms with Gasteiger partial charge in [-0.3, -0.25) is 0 Å². The van der Waals surface area contributed by atoms with Crippen LogP contribution in [0.2, 0.25) is 0 Å². The first-order chi connectivity index (χ1) is 8.64. The molecule has 0 aliphatic carbocycles. The highest BCUT2D eigenvalue weighted by Gasteiger charge is 2.38. The van der Waals surface area contributed by atoms with Gasteiger partial charge in [0.1, 0.15) is 17.1 Å². The molecule has 2 rings (SSSR count). The van der Waals surface area contributed by atoms with Crippen LogP contribution in [0, 0.1) is 0 Å². The minimum atomic E-state index is -0.741. The highest BCUT2D eigenvalue weighted by molar-refractivity contribution is 7.97. The van der Waals surface area contributed by atoms with Gasteiger partial charge in [-0.05, 0) is 25.3 Å². The van der Waals surface area contributed by atoms with Crippen LogP contribution in [0.5, 0.6) is 0 Å². The van der Waals surface area contributed by atoms with Gasteiger partial charge in [-0.25, -0.2) is 0 Å². The summed E-state index contributed by atoms with van der Waals surface area (Å²) < 4.78 is 11.0. The predicted octanol–water partition coefficient (Wildman–Crippen LogP) is 1.77. The fourth-order valence-electron chi connectivity index (χ4n) is 2.14. The Morgan fingerprint density at radius 3 is 2.94 bits per heavy atom. The Hall–Kier alpha value is -0.490. The predicted molar refractivity (Wildman–Crippen MR) is 72.6 cm³/mol. The Kier molecular flexibility index (Phi) is 4.72. The monoisotopic (exact) mass is 271 g/mol. The Morgan fingerprint density at radius 2 is 2.28 bits per heavy atom. The van der Waals surface area contributed by atoms with Gasteiger partial charge < -0.3 is 19.6 Å². The Bertz CT molecular complexity index is 382. The van der Waals surface area contributed by atoms with Crippen LogP contribution in [0.3, 0.4) is 0 Å². The van der Waals surface area contributed by atoms with Crippen LogP contribution in [0.1, 0.15) is 24.9 Å². The fraction of sp³-hybridized carbons (Fsp3) is 0.692. The number of hydrogen-bond donors (Lipinski definition) is 2. The maximum absolute atomic E-state index is 10.3. The molecule has 0 spiro atoms. The topological polar surface area (TPSA) is 54.6 Å². The lowest BCUT2D eigenvalue weighted by atomic mass is 9.97. The van der Waals surface area contributed by atoms with E-state index in [1.807, 2.05) is 19.1 Å². The van der Waals surface area contributed by atoms with Crippen LogP contribution in [-0.2, 0) is 17.0 Å². The average Bonchev–Trinajstić information content (AvgIpc) is 2.89. The molecule has 18 heavy (non-hydrogen) atoms. The molecule has 0 aromatic carbocycles. The van der Waals surface area contributed by atoms with Crippen molar-refractivity contribution in [2.24, 2.45) is 0 Å². The lowest BCUT2D eigenvalue weighted by Crippen LogP contribution is -2.45. The first-order valence-corrected chi connectivity index (χ1v) is 7.65. The molecule has 0 bridgehead atoms. The van der Waals surface area contributed by atoms with E-state index in [2.05, 4.69) is 11.6 Å². The second-order valence-corrected chi connectivity index (χ2v) is 5.64. The van der Waals surface area contributed by atoms with Gasteiger partial charge in [-0.1, -0.05) is 0 Å². The molecule has 1 aliphatic heterocycles. The summed E-state index contributed by atoms with van der Waals surface area (Å²) in [6, 6.07) is 3.99. The van der Waals surface area contributed by atoms with E-state index in [4.69, 9.17) is 9.15 Å². The van der Waals surface area contributed by atoms with E-state index in [1.54, 1.807) is 11.8 Å². The summed E-state index contributed by atoms with van der Waals surface area (Å²) in [5.41, 5.74) is -0.741. The third kappa shape index (κ3) is 3.29. The number of furan rings is 1. The summed E-state index contributed by atoms with van der Waals surface area (Å²) in [5, 5.41) is 13.5. The van der Waals surface area contributed by atoms with E-state index >= 15 is 0 Å². The molecular weight excluding hydrogens is 250 g/mol. The molecule has 2 N–H and O–H groups in total. The zero-order chi connectivity index (χ0) is 13.0. The smallest absolute Gasteiger partial charge is 0.118 e. The summed E-state index contributed by atoms with van der Waals surface area (Å²) in [7, 11) is 0. The van der Waals surface area contributed by atoms with Crippen LogP contribution in [0.25, 0.3) is 0 Å². The fourth-order valence-corrected chi connectivity index (χ4v) is 2.58. The normalized spacial score (nSPS) is 27.8. The molecule has 5 heteroatoms. The van der Waals surface area contributed by atoms with Gasteiger partial charge in [-0.15, -0.1) is 0 Å². The van der Waals surface area contributed by atoms with Gasteiger partial charge in [0.05, 0.1) is 18.4 Å². The highest BCUT2D eigenvalue weighted by atomic mass is 32.2. The van der Waals surface area contributed by atoms with E-state index in [0.29, 0.717) is 26.1 Å². The van der Waals surface area contributed by atoms with Gasteiger partial charge in [0, 0.05) is 19.6 Å². The molecule has 1 fully saturated rings. The molecule has 1 saturated heterocycles. The third-order valence-electron chi connectivity index (χ3n) is 3.39. The van der Waals surface area contributed by atoms with Gasteiger partial charge in [0.2, 0.25) is 0 Å². The summed E-state index contributed by atoms with van der Waals surface area (Å²) in [5.74, 6) is 2.80. The van der Waals surface area contributed by atoms with Crippen molar-refractivity contribution in [1.29, 1.82) is 0 Å². The molecule has 1 aliphatic rings. The zero-order valence-electron chi connectivity index (χ0n) is 10.9. The van der Waals surface area contributed by atoms with Crippen molar-refractivity contribution < 1.29 is 14.3 Å². The van der Waals surface area contributed by atoms with Crippen molar-refractivity contribution >= 4 is 11.8 Å². The van der Waals surface area contributed by atoms with Crippen LogP contribution < -0.4 is 5.32 Å². The van der Waals surface area contributed by atoms with Gasteiger partial charge in [-0.2, -0.15) is 11.8 Å². The van der Waals surface area contributed by atoms with E-state index in [0.717, 1.165) is 17.3 Å². The van der Waals surface area contributed by atoms with Crippen molar-refractivity contribution in [3.05, 3.63) is 23.7 Å². The maximum Gasteiger partial charge on any atom is 0.118 e. The molecule has 1 aromatic rings. The molecule has 2 atom stereocenters. The van der Waals surface area contributed by atoms with E-state index < -0.39 is 5.60 Å². The third-order valence-corrected chi connectivity index (χ3v) is 3.97. The van der Waals surface area contributed by atoms with E-state index in [1.165, 1.54) is 0 Å². The molecule has 0 amide bonds. The number of thioether (sulfide) groups is 1. The van der Waals surface area contributed by atoms with Gasteiger partial charge >= 0.3 is 0 Å².